The zero-order valence-electron chi connectivity index (χ0n) is 10.9. The lowest BCUT2D eigenvalue weighted by Crippen LogP contribution is -2.09. The molecular formula is C12H19F4NO. The van der Waals surface area contributed by atoms with Gasteiger partial charge < -0.3 is 10.4 Å². The van der Waals surface area contributed by atoms with Gasteiger partial charge in [-0.05, 0) is 18.2 Å². The van der Waals surface area contributed by atoms with Crippen LogP contribution in [0.5, 0.6) is 0 Å². The molecule has 0 unspecified atom stereocenters. The van der Waals surface area contributed by atoms with Crippen LogP contribution in [0.25, 0.3) is 0 Å². The van der Waals surface area contributed by atoms with Gasteiger partial charge in [-0.1, -0.05) is 27.7 Å². The minimum atomic E-state index is -4.72. The van der Waals surface area contributed by atoms with Crippen LogP contribution >= 0.6 is 0 Å². The summed E-state index contributed by atoms with van der Waals surface area (Å²) >= 11 is 0. The van der Waals surface area contributed by atoms with E-state index in [2.05, 4.69) is 5.32 Å². The normalized spacial score (nSPS) is 9.61. The Kier molecular flexibility index (Phi) is 10.3. The molecular weight excluding hydrogens is 250 g/mol. The highest BCUT2D eigenvalue weighted by molar-refractivity contribution is 5.46. The first-order valence-electron chi connectivity index (χ1n) is 5.66. The van der Waals surface area contributed by atoms with Crippen LogP contribution in [-0.4, -0.2) is 11.8 Å². The Bertz CT molecular complexity index is 326. The van der Waals surface area contributed by atoms with Crippen molar-refractivity contribution in [2.75, 3.05) is 12.0 Å². The molecule has 0 saturated carbocycles. The van der Waals surface area contributed by atoms with Crippen molar-refractivity contribution in [2.45, 2.75) is 33.9 Å². The van der Waals surface area contributed by atoms with Crippen molar-refractivity contribution in [2.24, 2.45) is 0 Å². The van der Waals surface area contributed by atoms with Gasteiger partial charge in [0.1, 0.15) is 12.5 Å². The van der Waals surface area contributed by atoms with E-state index in [9.17, 15) is 17.6 Å². The van der Waals surface area contributed by atoms with Crippen LogP contribution in [0.2, 0.25) is 0 Å². The summed E-state index contributed by atoms with van der Waals surface area (Å²) in [4.78, 5) is 0. The third kappa shape index (κ3) is 6.44. The molecule has 0 bridgehead atoms. The summed E-state index contributed by atoms with van der Waals surface area (Å²) < 4.78 is 49.1. The Hall–Kier alpha value is -1.30. The van der Waals surface area contributed by atoms with E-state index < -0.39 is 24.3 Å². The van der Waals surface area contributed by atoms with Crippen LogP contribution in [0.1, 0.15) is 33.3 Å². The summed E-state index contributed by atoms with van der Waals surface area (Å²) in [5, 5.41) is 10.6. The predicted octanol–water partition coefficient (Wildman–Crippen LogP) is 4.26. The number of anilines is 1. The van der Waals surface area contributed by atoms with Crippen molar-refractivity contribution >= 4 is 5.69 Å². The minimum Gasteiger partial charge on any atom is -0.377 e. The van der Waals surface area contributed by atoms with E-state index >= 15 is 0 Å². The maximum Gasteiger partial charge on any atom is 0.419 e. The third-order valence-corrected chi connectivity index (χ3v) is 1.55. The molecule has 1 aromatic rings. The molecule has 0 amide bonds. The topological polar surface area (TPSA) is 32.3 Å². The highest BCUT2D eigenvalue weighted by Crippen LogP contribution is 2.32. The average molecular weight is 269 g/mol. The summed E-state index contributed by atoms with van der Waals surface area (Å²) in [5.74, 6) is -1.33. The van der Waals surface area contributed by atoms with Crippen molar-refractivity contribution in [3.05, 3.63) is 29.6 Å². The molecule has 18 heavy (non-hydrogen) atoms. The summed E-state index contributed by atoms with van der Waals surface area (Å²) in [6.07, 6.45) is -4.72. The summed E-state index contributed by atoms with van der Waals surface area (Å²) in [5.41, 5.74) is -1.34. The zero-order valence-corrected chi connectivity index (χ0v) is 10.9. The maximum absolute atomic E-state index is 12.7. The van der Waals surface area contributed by atoms with Gasteiger partial charge in [0.25, 0.3) is 0 Å². The van der Waals surface area contributed by atoms with E-state index in [0.717, 1.165) is 6.07 Å². The predicted molar refractivity (Wildman–Crippen MR) is 64.8 cm³/mol. The first-order chi connectivity index (χ1) is 8.45. The largest absolute Gasteiger partial charge is 0.419 e. The van der Waals surface area contributed by atoms with Crippen LogP contribution in [0, 0.1) is 5.82 Å². The minimum absolute atomic E-state index is 0.0150. The maximum atomic E-state index is 12.7. The summed E-state index contributed by atoms with van der Waals surface area (Å²) in [6.45, 7) is 7.49. The second-order valence-corrected chi connectivity index (χ2v) is 2.53. The van der Waals surface area contributed by atoms with Gasteiger partial charge in [-0.2, -0.15) is 13.2 Å². The molecule has 0 heterocycles. The zero-order chi connectivity index (χ0) is 14.8. The molecule has 0 aliphatic rings. The van der Waals surface area contributed by atoms with Gasteiger partial charge in [-0.15, -0.1) is 0 Å². The Balaban J connectivity index is 0. The molecule has 0 aliphatic heterocycles. The molecule has 0 atom stereocenters. The van der Waals surface area contributed by atoms with Crippen LogP contribution in [0.15, 0.2) is 18.2 Å². The lowest BCUT2D eigenvalue weighted by atomic mass is 10.2. The molecule has 0 aromatic heterocycles. The molecule has 106 valence electrons. The number of hydrogen-bond acceptors (Lipinski definition) is 2. The molecule has 1 rings (SSSR count). The fourth-order valence-corrected chi connectivity index (χ4v) is 0.944. The monoisotopic (exact) mass is 269 g/mol. The fourth-order valence-electron chi connectivity index (χ4n) is 0.944. The highest BCUT2D eigenvalue weighted by atomic mass is 19.4. The Morgan fingerprint density at radius 3 is 2.00 bits per heavy atom. The standard InChI is InChI=1S/C8H7F4NO.2C2H6/c9-7-2-1-5(13-4-14)3-6(7)8(10,11)12;2*1-2/h1-3,13-14H,4H2;2*1-2H3. The quantitative estimate of drug-likeness (QED) is 0.621. The Morgan fingerprint density at radius 1 is 1.11 bits per heavy atom. The first-order valence-corrected chi connectivity index (χ1v) is 5.66. The van der Waals surface area contributed by atoms with E-state index in [1.807, 2.05) is 27.7 Å². The second-order valence-electron chi connectivity index (χ2n) is 2.53. The number of alkyl halides is 3. The van der Waals surface area contributed by atoms with Gasteiger partial charge in [0.2, 0.25) is 0 Å². The van der Waals surface area contributed by atoms with E-state index in [1.54, 1.807) is 0 Å². The molecule has 6 heteroatoms. The molecule has 0 fully saturated rings. The lowest BCUT2D eigenvalue weighted by molar-refractivity contribution is -0.139. The van der Waals surface area contributed by atoms with Gasteiger partial charge in [0.05, 0.1) is 5.56 Å². The number of rotatable bonds is 2. The Morgan fingerprint density at radius 2 is 1.61 bits per heavy atom. The molecule has 2 nitrogen and oxygen atoms in total. The molecule has 0 saturated heterocycles. The van der Waals surface area contributed by atoms with Crippen molar-refractivity contribution < 1.29 is 22.7 Å². The first kappa shape index (κ1) is 19.0. The van der Waals surface area contributed by atoms with E-state index in [4.69, 9.17) is 5.11 Å². The van der Waals surface area contributed by atoms with Gasteiger partial charge in [0.15, 0.2) is 0 Å². The van der Waals surface area contributed by atoms with Crippen molar-refractivity contribution in [1.82, 2.24) is 0 Å². The number of aliphatic hydroxyl groups excluding tert-OH is 1. The number of nitrogens with one attached hydrogen (secondary N) is 1. The van der Waals surface area contributed by atoms with Crippen molar-refractivity contribution in [1.29, 1.82) is 0 Å². The fraction of sp³-hybridized carbons (Fsp3) is 0.500. The Labute approximate surface area is 105 Å². The summed E-state index contributed by atoms with van der Waals surface area (Å²) in [6, 6.07) is 2.41. The number of halogens is 4. The highest BCUT2D eigenvalue weighted by Gasteiger charge is 2.34. The van der Waals surface area contributed by atoms with Crippen LogP contribution in [0.4, 0.5) is 23.2 Å². The van der Waals surface area contributed by atoms with E-state index in [-0.39, 0.29) is 5.69 Å². The van der Waals surface area contributed by atoms with E-state index in [0.29, 0.717) is 12.1 Å². The van der Waals surface area contributed by atoms with E-state index in [1.165, 1.54) is 0 Å². The molecule has 0 radical (unpaired) electrons. The molecule has 1 aromatic carbocycles. The third-order valence-electron chi connectivity index (χ3n) is 1.55. The van der Waals surface area contributed by atoms with Gasteiger partial charge in [-0.25, -0.2) is 4.39 Å². The van der Waals surface area contributed by atoms with Crippen LogP contribution in [-0.2, 0) is 6.18 Å². The second kappa shape index (κ2) is 9.70. The smallest absolute Gasteiger partial charge is 0.377 e. The molecule has 0 spiro atoms. The number of aliphatic hydroxyl groups is 1. The van der Waals surface area contributed by atoms with Crippen molar-refractivity contribution in [3.8, 4) is 0 Å². The average Bonchev–Trinajstić information content (AvgIpc) is 2.36. The molecule has 2 N–H and O–H groups in total. The lowest BCUT2D eigenvalue weighted by Gasteiger charge is -2.10. The van der Waals surface area contributed by atoms with Gasteiger partial charge in [0, 0.05) is 5.69 Å². The number of benzene rings is 1. The SMILES string of the molecule is CC.CC.OCNc1ccc(F)c(C(F)(F)F)c1. The van der Waals surface area contributed by atoms with Crippen LogP contribution in [0.3, 0.4) is 0 Å². The summed E-state index contributed by atoms with van der Waals surface area (Å²) in [7, 11) is 0. The van der Waals surface area contributed by atoms with Crippen molar-refractivity contribution in [3.63, 3.8) is 0 Å². The van der Waals surface area contributed by atoms with Gasteiger partial charge >= 0.3 is 6.18 Å². The number of hydrogen-bond donors (Lipinski definition) is 2. The van der Waals surface area contributed by atoms with Gasteiger partial charge in [-0.3, -0.25) is 0 Å². The molecule has 0 aliphatic carbocycles. The van der Waals surface area contributed by atoms with Crippen LogP contribution < -0.4 is 5.32 Å².